The van der Waals surface area contributed by atoms with E-state index in [0.29, 0.717) is 42.6 Å². The summed E-state index contributed by atoms with van der Waals surface area (Å²) in [5.74, 6) is 2.14. The Morgan fingerprint density at radius 3 is 3.00 bits per heavy atom. The van der Waals surface area contributed by atoms with Crippen molar-refractivity contribution in [2.75, 3.05) is 18.6 Å². The molecule has 1 saturated heterocycles. The van der Waals surface area contributed by atoms with Gasteiger partial charge in [0.15, 0.2) is 15.7 Å². The van der Waals surface area contributed by atoms with Crippen molar-refractivity contribution in [2.24, 2.45) is 5.92 Å². The van der Waals surface area contributed by atoms with Gasteiger partial charge in [-0.1, -0.05) is 11.2 Å². The first-order valence-electron chi connectivity index (χ1n) is 7.56. The van der Waals surface area contributed by atoms with Gasteiger partial charge in [0, 0.05) is 12.5 Å². The number of methoxy groups -OCH3 is 1. The highest BCUT2D eigenvalue weighted by Crippen LogP contribution is 2.22. The second kappa shape index (κ2) is 6.66. The summed E-state index contributed by atoms with van der Waals surface area (Å²) in [6.45, 7) is 0. The van der Waals surface area contributed by atoms with Gasteiger partial charge in [-0.2, -0.15) is 4.98 Å². The second-order valence-corrected chi connectivity index (χ2v) is 8.01. The number of hydrogen-bond donors (Lipinski definition) is 0. The van der Waals surface area contributed by atoms with E-state index < -0.39 is 9.84 Å². The van der Waals surface area contributed by atoms with Crippen LogP contribution in [0, 0.1) is 5.92 Å². The van der Waals surface area contributed by atoms with Crippen molar-refractivity contribution in [3.63, 3.8) is 0 Å². The van der Waals surface area contributed by atoms with Gasteiger partial charge in [-0.3, -0.25) is 0 Å². The normalized spacial score (nSPS) is 20.3. The zero-order valence-electron chi connectivity index (χ0n) is 12.9. The largest absolute Gasteiger partial charge is 0.481 e. The minimum absolute atomic E-state index is 0.0667. The van der Waals surface area contributed by atoms with Crippen LogP contribution in [0.5, 0.6) is 5.88 Å². The SMILES string of the molecule is COc1cccc(Cc2noc(CC3CCCS(=O)(=O)C3)n2)n1. The highest BCUT2D eigenvalue weighted by atomic mass is 32.2. The minimum atomic E-state index is -2.92. The third kappa shape index (κ3) is 4.28. The van der Waals surface area contributed by atoms with Gasteiger partial charge < -0.3 is 9.26 Å². The Hall–Kier alpha value is -1.96. The molecule has 23 heavy (non-hydrogen) atoms. The number of hydrogen-bond acceptors (Lipinski definition) is 7. The molecule has 1 fully saturated rings. The Bertz CT molecular complexity index is 773. The summed E-state index contributed by atoms with van der Waals surface area (Å²) in [6, 6.07) is 5.50. The third-order valence-electron chi connectivity index (χ3n) is 3.86. The molecule has 0 aromatic carbocycles. The van der Waals surface area contributed by atoms with Gasteiger partial charge in [-0.25, -0.2) is 13.4 Å². The molecule has 3 rings (SSSR count). The van der Waals surface area contributed by atoms with Crippen molar-refractivity contribution in [2.45, 2.75) is 25.7 Å². The van der Waals surface area contributed by atoms with Crippen LogP contribution in [0.3, 0.4) is 0 Å². The van der Waals surface area contributed by atoms with Gasteiger partial charge in [-0.15, -0.1) is 0 Å². The monoisotopic (exact) mass is 337 g/mol. The van der Waals surface area contributed by atoms with E-state index in [1.807, 2.05) is 12.1 Å². The number of rotatable bonds is 5. The van der Waals surface area contributed by atoms with E-state index in [1.54, 1.807) is 13.2 Å². The lowest BCUT2D eigenvalue weighted by Gasteiger charge is -2.19. The molecule has 7 nitrogen and oxygen atoms in total. The third-order valence-corrected chi connectivity index (χ3v) is 5.75. The quantitative estimate of drug-likeness (QED) is 0.814. The Kier molecular flexibility index (Phi) is 4.61. The maximum atomic E-state index is 11.7. The molecule has 1 unspecified atom stereocenters. The molecule has 1 atom stereocenters. The summed E-state index contributed by atoms with van der Waals surface area (Å²) < 4.78 is 33.7. The summed E-state index contributed by atoms with van der Waals surface area (Å²) in [5, 5.41) is 3.95. The summed E-state index contributed by atoms with van der Waals surface area (Å²) in [5.41, 5.74) is 0.789. The second-order valence-electron chi connectivity index (χ2n) is 5.78. The highest BCUT2D eigenvalue weighted by Gasteiger charge is 2.26. The molecule has 3 heterocycles. The number of nitrogens with zero attached hydrogens (tertiary/aromatic N) is 3. The van der Waals surface area contributed by atoms with E-state index in [1.165, 1.54) is 0 Å². The molecule has 0 amide bonds. The summed E-state index contributed by atoms with van der Waals surface area (Å²) in [6.07, 6.45) is 2.55. The van der Waals surface area contributed by atoms with Crippen LogP contribution >= 0.6 is 0 Å². The van der Waals surface area contributed by atoms with Crippen LogP contribution in [0.25, 0.3) is 0 Å². The molecule has 0 spiro atoms. The molecule has 0 saturated carbocycles. The van der Waals surface area contributed by atoms with Crippen LogP contribution in [0.2, 0.25) is 0 Å². The van der Waals surface area contributed by atoms with E-state index in [9.17, 15) is 8.42 Å². The average molecular weight is 337 g/mol. The van der Waals surface area contributed by atoms with Crippen molar-refractivity contribution < 1.29 is 17.7 Å². The number of ether oxygens (including phenoxy) is 1. The van der Waals surface area contributed by atoms with Crippen LogP contribution in [-0.2, 0) is 22.7 Å². The zero-order valence-corrected chi connectivity index (χ0v) is 13.8. The van der Waals surface area contributed by atoms with Gasteiger partial charge in [0.1, 0.15) is 0 Å². The molecule has 2 aromatic rings. The first-order valence-corrected chi connectivity index (χ1v) is 9.38. The van der Waals surface area contributed by atoms with Crippen LogP contribution in [0.15, 0.2) is 22.7 Å². The van der Waals surface area contributed by atoms with Crippen LogP contribution in [0.1, 0.15) is 30.3 Å². The van der Waals surface area contributed by atoms with Gasteiger partial charge in [0.25, 0.3) is 0 Å². The van der Waals surface area contributed by atoms with Crippen molar-refractivity contribution in [1.82, 2.24) is 15.1 Å². The molecule has 8 heteroatoms. The molecule has 0 aliphatic carbocycles. The molecule has 0 radical (unpaired) electrons. The maximum absolute atomic E-state index is 11.7. The minimum Gasteiger partial charge on any atom is -0.481 e. The summed E-state index contributed by atoms with van der Waals surface area (Å²) >= 11 is 0. The van der Waals surface area contributed by atoms with Crippen molar-refractivity contribution in [3.8, 4) is 5.88 Å². The van der Waals surface area contributed by atoms with Crippen molar-refractivity contribution in [3.05, 3.63) is 35.6 Å². The Morgan fingerprint density at radius 2 is 2.22 bits per heavy atom. The lowest BCUT2D eigenvalue weighted by molar-refractivity contribution is 0.346. The van der Waals surface area contributed by atoms with Crippen LogP contribution in [-0.4, -0.2) is 42.2 Å². The molecule has 0 N–H and O–H groups in total. The predicted octanol–water partition coefficient (Wildman–Crippen LogP) is 1.43. The van der Waals surface area contributed by atoms with Crippen LogP contribution < -0.4 is 4.74 Å². The van der Waals surface area contributed by atoms with E-state index in [2.05, 4.69) is 15.1 Å². The molecule has 2 aromatic heterocycles. The zero-order chi connectivity index (χ0) is 16.3. The maximum Gasteiger partial charge on any atom is 0.226 e. The van der Waals surface area contributed by atoms with E-state index in [-0.39, 0.29) is 11.7 Å². The Morgan fingerprint density at radius 1 is 1.35 bits per heavy atom. The molecular weight excluding hydrogens is 318 g/mol. The molecule has 1 aliphatic rings. The lowest BCUT2D eigenvalue weighted by atomic mass is 10.0. The van der Waals surface area contributed by atoms with Crippen molar-refractivity contribution in [1.29, 1.82) is 0 Å². The van der Waals surface area contributed by atoms with E-state index in [4.69, 9.17) is 9.26 Å². The van der Waals surface area contributed by atoms with Gasteiger partial charge in [-0.05, 0) is 24.8 Å². The number of pyridine rings is 1. The Labute approximate surface area is 135 Å². The van der Waals surface area contributed by atoms with Crippen LogP contribution in [0.4, 0.5) is 0 Å². The molecule has 124 valence electrons. The first kappa shape index (κ1) is 15.9. The van der Waals surface area contributed by atoms with Crippen molar-refractivity contribution >= 4 is 9.84 Å². The van der Waals surface area contributed by atoms with Gasteiger partial charge in [0.05, 0.1) is 30.7 Å². The fourth-order valence-corrected chi connectivity index (χ4v) is 4.58. The Balaban J connectivity index is 1.63. The molecular formula is C15H19N3O4S. The number of aromatic nitrogens is 3. The fourth-order valence-electron chi connectivity index (χ4n) is 2.80. The fraction of sp³-hybridized carbons (Fsp3) is 0.533. The first-order chi connectivity index (χ1) is 11.0. The van der Waals surface area contributed by atoms with E-state index in [0.717, 1.165) is 12.1 Å². The topological polar surface area (TPSA) is 95.2 Å². The lowest BCUT2D eigenvalue weighted by Crippen LogP contribution is -2.26. The van der Waals surface area contributed by atoms with E-state index >= 15 is 0 Å². The predicted molar refractivity (Wildman–Crippen MR) is 83.0 cm³/mol. The van der Waals surface area contributed by atoms with Gasteiger partial charge in [0.2, 0.25) is 11.8 Å². The molecule has 0 bridgehead atoms. The average Bonchev–Trinajstić information content (AvgIpc) is 2.93. The standard InChI is InChI=1S/C15H19N3O4S/c1-21-14-6-2-5-12(16-14)9-13-17-15(22-18-13)8-11-4-3-7-23(19,20)10-11/h2,5-6,11H,3-4,7-10H2,1H3. The highest BCUT2D eigenvalue weighted by molar-refractivity contribution is 7.91. The van der Waals surface area contributed by atoms with Gasteiger partial charge >= 0.3 is 0 Å². The number of sulfone groups is 1. The summed E-state index contributed by atoms with van der Waals surface area (Å²) in [7, 11) is -1.35. The molecule has 1 aliphatic heterocycles. The smallest absolute Gasteiger partial charge is 0.226 e. The summed E-state index contributed by atoms with van der Waals surface area (Å²) in [4.78, 5) is 8.66.